The number of nitrogens with two attached hydrogens (primary N) is 1. The Labute approximate surface area is 223 Å². The van der Waals surface area contributed by atoms with Gasteiger partial charge in [0.25, 0.3) is 0 Å². The summed E-state index contributed by atoms with van der Waals surface area (Å²) in [5, 5.41) is 15.6. The van der Waals surface area contributed by atoms with Crippen molar-refractivity contribution in [1.29, 1.82) is 0 Å². The minimum atomic E-state index is -0.865. The third kappa shape index (κ3) is 8.37. The van der Waals surface area contributed by atoms with E-state index >= 15 is 0 Å². The number of aromatic hydroxyl groups is 1. The van der Waals surface area contributed by atoms with Gasteiger partial charge < -0.3 is 26.2 Å². The van der Waals surface area contributed by atoms with E-state index in [4.69, 9.17) is 10.5 Å². The smallest absolute Gasteiger partial charge is 0.247 e. The number of hydrogen-bond donors (Lipinski definition) is 4. The van der Waals surface area contributed by atoms with Gasteiger partial charge in [-0.3, -0.25) is 14.4 Å². The van der Waals surface area contributed by atoms with Crippen LogP contribution in [-0.4, -0.2) is 28.9 Å². The quantitative estimate of drug-likeness (QED) is 0.268. The molecule has 0 bridgehead atoms. The molecule has 0 radical (unpaired) electrons. The summed E-state index contributed by atoms with van der Waals surface area (Å²) in [6, 6.07) is 19.6. The molecule has 200 valence electrons. The standard InChI is InChI=1S/C30H35N3O5/c1-19(29(31)36)9-14-28(35)32-26(30(37)33-25-15-21(3)27(34)16-20(25)2)17-22-10-12-24(13-11-22)38-18-23-7-5-4-6-8-23/h4-8,10-13,15-16,19,26,34H,9,14,17-18H2,1-3H3,(H2,31,36)(H,32,35)(H,33,37). The summed E-state index contributed by atoms with van der Waals surface area (Å²) in [4.78, 5) is 37.3. The Balaban J connectivity index is 1.70. The molecule has 0 saturated carbocycles. The average molecular weight is 518 g/mol. The van der Waals surface area contributed by atoms with Gasteiger partial charge in [0.05, 0.1) is 0 Å². The lowest BCUT2D eigenvalue weighted by Crippen LogP contribution is -2.45. The van der Waals surface area contributed by atoms with E-state index in [1.54, 1.807) is 32.9 Å². The Hall–Kier alpha value is -4.33. The van der Waals surface area contributed by atoms with Gasteiger partial charge >= 0.3 is 0 Å². The fraction of sp³-hybridized carbons (Fsp3) is 0.300. The Morgan fingerprint density at radius 3 is 2.29 bits per heavy atom. The third-order valence-corrected chi connectivity index (χ3v) is 6.35. The zero-order valence-electron chi connectivity index (χ0n) is 22.0. The first kappa shape index (κ1) is 28.2. The van der Waals surface area contributed by atoms with Crippen LogP contribution in [0.2, 0.25) is 0 Å². The number of primary amides is 1. The predicted octanol–water partition coefficient (Wildman–Crippen LogP) is 4.16. The topological polar surface area (TPSA) is 131 Å². The van der Waals surface area contributed by atoms with E-state index in [2.05, 4.69) is 10.6 Å². The molecule has 0 aliphatic rings. The van der Waals surface area contributed by atoms with Gasteiger partial charge in [-0.25, -0.2) is 0 Å². The third-order valence-electron chi connectivity index (χ3n) is 6.35. The number of anilines is 1. The van der Waals surface area contributed by atoms with Gasteiger partial charge in [0.2, 0.25) is 17.7 Å². The molecule has 0 spiro atoms. The number of phenols is 1. The number of aryl methyl sites for hydroxylation is 2. The van der Waals surface area contributed by atoms with Crippen LogP contribution in [0.4, 0.5) is 5.69 Å². The number of benzene rings is 3. The summed E-state index contributed by atoms with van der Waals surface area (Å²) in [6.07, 6.45) is 0.606. The average Bonchev–Trinajstić information content (AvgIpc) is 2.90. The molecule has 3 aromatic carbocycles. The Bertz CT molecular complexity index is 1260. The maximum absolute atomic E-state index is 13.3. The molecule has 0 aliphatic heterocycles. The van der Waals surface area contributed by atoms with E-state index in [-0.39, 0.29) is 30.4 Å². The highest BCUT2D eigenvalue weighted by Gasteiger charge is 2.23. The summed E-state index contributed by atoms with van der Waals surface area (Å²) in [5.74, 6) is -0.820. The molecular weight excluding hydrogens is 482 g/mol. The molecule has 2 atom stereocenters. The molecule has 0 aromatic heterocycles. The number of nitrogens with one attached hydrogen (secondary N) is 2. The highest BCUT2D eigenvalue weighted by molar-refractivity contribution is 5.98. The van der Waals surface area contributed by atoms with E-state index in [9.17, 15) is 19.5 Å². The van der Waals surface area contributed by atoms with Gasteiger partial charge in [0.1, 0.15) is 24.1 Å². The van der Waals surface area contributed by atoms with Crippen LogP contribution < -0.4 is 21.1 Å². The molecule has 2 unspecified atom stereocenters. The lowest BCUT2D eigenvalue weighted by Gasteiger charge is -2.20. The van der Waals surface area contributed by atoms with E-state index in [1.165, 1.54) is 0 Å². The number of carbonyl (C=O) groups excluding carboxylic acids is 3. The van der Waals surface area contributed by atoms with E-state index < -0.39 is 17.9 Å². The first-order chi connectivity index (χ1) is 18.1. The summed E-state index contributed by atoms with van der Waals surface area (Å²) >= 11 is 0. The van der Waals surface area contributed by atoms with Crippen LogP contribution in [0.15, 0.2) is 66.7 Å². The van der Waals surface area contributed by atoms with Gasteiger partial charge in [-0.2, -0.15) is 0 Å². The first-order valence-corrected chi connectivity index (χ1v) is 12.6. The Kier molecular flexibility index (Phi) is 9.87. The fourth-order valence-corrected chi connectivity index (χ4v) is 3.82. The zero-order chi connectivity index (χ0) is 27.7. The second kappa shape index (κ2) is 13.3. The van der Waals surface area contributed by atoms with Crippen molar-refractivity contribution < 1.29 is 24.2 Å². The molecule has 3 rings (SSSR count). The molecule has 8 nitrogen and oxygen atoms in total. The van der Waals surface area contributed by atoms with Crippen LogP contribution in [0.25, 0.3) is 0 Å². The van der Waals surface area contributed by atoms with Crippen LogP contribution in [0.3, 0.4) is 0 Å². The maximum Gasteiger partial charge on any atom is 0.247 e. The normalized spacial score (nSPS) is 12.3. The summed E-state index contributed by atoms with van der Waals surface area (Å²) in [6.45, 7) is 5.63. The Morgan fingerprint density at radius 1 is 0.947 bits per heavy atom. The van der Waals surface area contributed by atoms with Crippen molar-refractivity contribution in [2.24, 2.45) is 11.7 Å². The SMILES string of the molecule is Cc1cc(NC(=O)C(Cc2ccc(OCc3ccccc3)cc2)NC(=O)CCC(C)C(N)=O)c(C)cc1O. The Morgan fingerprint density at radius 2 is 1.63 bits per heavy atom. The summed E-state index contributed by atoms with van der Waals surface area (Å²) in [5.41, 5.74) is 9.06. The monoisotopic (exact) mass is 517 g/mol. The van der Waals surface area contributed by atoms with Crippen LogP contribution >= 0.6 is 0 Å². The molecule has 0 saturated heterocycles. The number of amides is 3. The molecule has 3 amide bonds. The van der Waals surface area contributed by atoms with Crippen molar-refractivity contribution >= 4 is 23.4 Å². The summed E-state index contributed by atoms with van der Waals surface area (Å²) < 4.78 is 5.84. The van der Waals surface area contributed by atoms with E-state index in [0.717, 1.165) is 11.1 Å². The second-order valence-corrected chi connectivity index (χ2v) is 9.53. The molecule has 5 N–H and O–H groups in total. The van der Waals surface area contributed by atoms with Gasteiger partial charge in [-0.1, -0.05) is 49.4 Å². The van der Waals surface area contributed by atoms with Gasteiger partial charge in [-0.05, 0) is 66.8 Å². The lowest BCUT2D eigenvalue weighted by atomic mass is 10.0. The van der Waals surface area contributed by atoms with Gasteiger partial charge in [-0.15, -0.1) is 0 Å². The molecule has 38 heavy (non-hydrogen) atoms. The van der Waals surface area contributed by atoms with Crippen LogP contribution in [-0.2, 0) is 27.4 Å². The predicted molar refractivity (Wildman–Crippen MR) is 147 cm³/mol. The van der Waals surface area contributed by atoms with Crippen molar-refractivity contribution in [2.75, 3.05) is 5.32 Å². The number of ether oxygens (including phenoxy) is 1. The summed E-state index contributed by atoms with van der Waals surface area (Å²) in [7, 11) is 0. The van der Waals surface area contributed by atoms with Gasteiger partial charge in [0, 0.05) is 24.4 Å². The lowest BCUT2D eigenvalue weighted by molar-refractivity contribution is -0.127. The van der Waals surface area contributed by atoms with Crippen molar-refractivity contribution in [3.05, 3.63) is 89.0 Å². The van der Waals surface area contributed by atoms with Gasteiger partial charge in [0.15, 0.2) is 0 Å². The highest BCUT2D eigenvalue weighted by atomic mass is 16.5. The fourth-order valence-electron chi connectivity index (χ4n) is 3.82. The minimum absolute atomic E-state index is 0.0670. The largest absolute Gasteiger partial charge is 0.508 e. The second-order valence-electron chi connectivity index (χ2n) is 9.53. The van der Waals surface area contributed by atoms with Crippen LogP contribution in [0.1, 0.15) is 42.0 Å². The maximum atomic E-state index is 13.3. The van der Waals surface area contributed by atoms with Crippen molar-refractivity contribution in [1.82, 2.24) is 5.32 Å². The van der Waals surface area contributed by atoms with E-state index in [1.807, 2.05) is 54.6 Å². The van der Waals surface area contributed by atoms with Crippen molar-refractivity contribution in [3.63, 3.8) is 0 Å². The zero-order valence-corrected chi connectivity index (χ0v) is 22.0. The minimum Gasteiger partial charge on any atom is -0.508 e. The van der Waals surface area contributed by atoms with Crippen LogP contribution in [0.5, 0.6) is 11.5 Å². The van der Waals surface area contributed by atoms with Crippen LogP contribution in [0, 0.1) is 19.8 Å². The number of carbonyl (C=O) groups is 3. The highest BCUT2D eigenvalue weighted by Crippen LogP contribution is 2.25. The molecule has 0 fully saturated rings. The molecule has 0 aliphatic carbocycles. The molecule has 8 heteroatoms. The number of hydrogen-bond acceptors (Lipinski definition) is 5. The molecule has 3 aromatic rings. The van der Waals surface area contributed by atoms with Crippen molar-refractivity contribution in [2.45, 2.75) is 52.7 Å². The van der Waals surface area contributed by atoms with Crippen molar-refractivity contribution in [3.8, 4) is 11.5 Å². The number of rotatable bonds is 12. The van der Waals surface area contributed by atoms with E-state index in [0.29, 0.717) is 35.6 Å². The first-order valence-electron chi connectivity index (χ1n) is 12.6. The molecule has 0 heterocycles. The molecular formula is C30H35N3O5. The number of phenolic OH excluding ortho intramolecular Hbond substituents is 1.